The lowest BCUT2D eigenvalue weighted by Crippen LogP contribution is -2.45. The van der Waals surface area contributed by atoms with Crippen molar-refractivity contribution < 1.29 is 0 Å². The van der Waals surface area contributed by atoms with Crippen LogP contribution in [-0.2, 0) is 6.42 Å². The van der Waals surface area contributed by atoms with E-state index >= 15 is 0 Å². The second-order valence-electron chi connectivity index (χ2n) is 6.02. The van der Waals surface area contributed by atoms with Gasteiger partial charge in [0, 0.05) is 50.8 Å². The first kappa shape index (κ1) is 16.3. The molecule has 1 aromatic heterocycles. The number of anilines is 1. The van der Waals surface area contributed by atoms with Gasteiger partial charge in [0.05, 0.1) is 0 Å². The number of hydrogen-bond donors (Lipinski definition) is 2. The fourth-order valence-electron chi connectivity index (χ4n) is 3.01. The Labute approximate surface area is 143 Å². The third-order valence-electron chi connectivity index (χ3n) is 4.30. The van der Waals surface area contributed by atoms with Crippen molar-refractivity contribution in [2.24, 2.45) is 4.99 Å². The van der Waals surface area contributed by atoms with Crippen molar-refractivity contribution in [1.82, 2.24) is 15.6 Å². The van der Waals surface area contributed by atoms with Gasteiger partial charge in [-0.15, -0.1) is 0 Å². The Morgan fingerprint density at radius 1 is 1.25 bits per heavy atom. The summed E-state index contributed by atoms with van der Waals surface area (Å²) in [5.41, 5.74) is 2.53. The van der Waals surface area contributed by atoms with Gasteiger partial charge >= 0.3 is 0 Å². The molecule has 126 valence electrons. The molecule has 1 fully saturated rings. The molecule has 1 unspecified atom stereocenters. The van der Waals surface area contributed by atoms with E-state index in [1.807, 2.05) is 19.3 Å². The van der Waals surface area contributed by atoms with E-state index in [0.29, 0.717) is 6.04 Å². The second kappa shape index (κ2) is 8.34. The molecule has 2 N–H and O–H groups in total. The normalized spacial score (nSPS) is 17.8. The lowest BCUT2D eigenvalue weighted by Gasteiger charge is -2.20. The molecule has 0 bridgehead atoms. The van der Waals surface area contributed by atoms with Gasteiger partial charge in [-0.25, -0.2) is 0 Å². The molecule has 0 spiro atoms. The molecule has 0 amide bonds. The summed E-state index contributed by atoms with van der Waals surface area (Å²) in [5, 5.41) is 6.93. The molecular weight excluding hydrogens is 298 g/mol. The maximum atomic E-state index is 4.34. The van der Waals surface area contributed by atoms with E-state index in [2.05, 4.69) is 61.9 Å². The van der Waals surface area contributed by atoms with Gasteiger partial charge < -0.3 is 15.5 Å². The Hall–Kier alpha value is -2.56. The van der Waals surface area contributed by atoms with Crippen molar-refractivity contribution in [2.75, 3.05) is 31.6 Å². The average Bonchev–Trinajstić information content (AvgIpc) is 3.11. The molecule has 3 rings (SSSR count). The van der Waals surface area contributed by atoms with Gasteiger partial charge in [0.1, 0.15) is 0 Å². The quantitative estimate of drug-likeness (QED) is 0.653. The molecule has 2 heterocycles. The van der Waals surface area contributed by atoms with Crippen LogP contribution in [0.5, 0.6) is 0 Å². The van der Waals surface area contributed by atoms with Gasteiger partial charge in [-0.05, 0) is 36.6 Å². The van der Waals surface area contributed by atoms with Crippen LogP contribution in [-0.4, -0.2) is 43.7 Å². The van der Waals surface area contributed by atoms with Crippen LogP contribution < -0.4 is 15.5 Å². The number of guanidine groups is 1. The molecule has 0 aliphatic carbocycles. The second-order valence-corrected chi connectivity index (χ2v) is 6.02. The lowest BCUT2D eigenvalue weighted by molar-refractivity contribution is 0.648. The third-order valence-corrected chi connectivity index (χ3v) is 4.30. The van der Waals surface area contributed by atoms with Crippen LogP contribution >= 0.6 is 0 Å². The van der Waals surface area contributed by atoms with E-state index in [9.17, 15) is 0 Å². The molecule has 5 heteroatoms. The zero-order valence-corrected chi connectivity index (χ0v) is 14.2. The summed E-state index contributed by atoms with van der Waals surface area (Å²) in [6.45, 7) is 2.93. The van der Waals surface area contributed by atoms with Crippen molar-refractivity contribution in [1.29, 1.82) is 0 Å². The van der Waals surface area contributed by atoms with Crippen LogP contribution in [0.2, 0.25) is 0 Å². The number of nitrogens with one attached hydrogen (secondary N) is 2. The number of rotatable bonds is 5. The lowest BCUT2D eigenvalue weighted by atomic mass is 10.2. The van der Waals surface area contributed by atoms with Crippen molar-refractivity contribution >= 4 is 11.6 Å². The topological polar surface area (TPSA) is 52.6 Å². The number of aromatic nitrogens is 1. The van der Waals surface area contributed by atoms with Crippen LogP contribution in [0.25, 0.3) is 0 Å². The van der Waals surface area contributed by atoms with Crippen LogP contribution in [0.1, 0.15) is 12.0 Å². The van der Waals surface area contributed by atoms with Gasteiger partial charge in [-0.1, -0.05) is 24.3 Å². The molecule has 2 aromatic rings. The van der Waals surface area contributed by atoms with E-state index in [-0.39, 0.29) is 0 Å². The Balaban J connectivity index is 1.44. The Morgan fingerprint density at radius 2 is 2.12 bits per heavy atom. The van der Waals surface area contributed by atoms with E-state index in [1.165, 1.54) is 11.3 Å². The number of hydrogen-bond acceptors (Lipinski definition) is 3. The minimum atomic E-state index is 0.426. The molecular formula is C19H25N5. The van der Waals surface area contributed by atoms with Gasteiger partial charge in [-0.3, -0.25) is 9.98 Å². The summed E-state index contributed by atoms with van der Waals surface area (Å²) < 4.78 is 0. The number of nitrogens with zero attached hydrogens (tertiary/aromatic N) is 3. The molecule has 0 radical (unpaired) electrons. The summed E-state index contributed by atoms with van der Waals surface area (Å²) in [6, 6.07) is 15.1. The zero-order chi connectivity index (χ0) is 16.6. The minimum absolute atomic E-state index is 0.426. The molecule has 5 nitrogen and oxygen atoms in total. The molecule has 1 aromatic carbocycles. The summed E-state index contributed by atoms with van der Waals surface area (Å²) in [7, 11) is 1.82. The van der Waals surface area contributed by atoms with Gasteiger partial charge in [-0.2, -0.15) is 0 Å². The maximum Gasteiger partial charge on any atom is 0.191 e. The SMILES string of the molecule is CN=C(NCCc1cccnc1)NC1CCN(c2ccccc2)C1. The highest BCUT2D eigenvalue weighted by molar-refractivity contribution is 5.80. The third kappa shape index (κ3) is 4.47. The molecule has 0 saturated carbocycles. The summed E-state index contributed by atoms with van der Waals surface area (Å²) >= 11 is 0. The fourth-order valence-corrected chi connectivity index (χ4v) is 3.01. The van der Waals surface area contributed by atoms with Crippen LogP contribution in [0.15, 0.2) is 59.9 Å². The van der Waals surface area contributed by atoms with E-state index in [4.69, 9.17) is 0 Å². The van der Waals surface area contributed by atoms with E-state index in [0.717, 1.165) is 38.4 Å². The average molecular weight is 323 g/mol. The number of benzene rings is 1. The summed E-state index contributed by atoms with van der Waals surface area (Å²) in [5.74, 6) is 0.874. The zero-order valence-electron chi connectivity index (χ0n) is 14.2. The van der Waals surface area contributed by atoms with E-state index in [1.54, 1.807) is 6.20 Å². The summed E-state index contributed by atoms with van der Waals surface area (Å²) in [4.78, 5) is 10.9. The van der Waals surface area contributed by atoms with Crippen molar-refractivity contribution in [2.45, 2.75) is 18.9 Å². The van der Waals surface area contributed by atoms with Crippen molar-refractivity contribution in [3.05, 3.63) is 60.4 Å². The molecule has 1 aliphatic rings. The molecule has 1 aliphatic heterocycles. The van der Waals surface area contributed by atoms with Gasteiger partial charge in [0.25, 0.3) is 0 Å². The highest BCUT2D eigenvalue weighted by Gasteiger charge is 2.23. The summed E-state index contributed by atoms with van der Waals surface area (Å²) in [6.07, 6.45) is 5.77. The highest BCUT2D eigenvalue weighted by atomic mass is 15.2. The standard InChI is InChI=1S/C19H25N5/c1-20-19(22-12-9-16-6-5-11-21-14-16)23-17-10-13-24(15-17)18-7-3-2-4-8-18/h2-8,11,14,17H,9-10,12-13,15H2,1H3,(H2,20,22,23). The molecule has 24 heavy (non-hydrogen) atoms. The molecule has 1 saturated heterocycles. The Morgan fingerprint density at radius 3 is 2.88 bits per heavy atom. The van der Waals surface area contributed by atoms with E-state index < -0.39 is 0 Å². The van der Waals surface area contributed by atoms with Crippen molar-refractivity contribution in [3.63, 3.8) is 0 Å². The smallest absolute Gasteiger partial charge is 0.191 e. The van der Waals surface area contributed by atoms with Crippen LogP contribution in [0.4, 0.5) is 5.69 Å². The predicted octanol–water partition coefficient (Wildman–Crippen LogP) is 2.07. The monoisotopic (exact) mass is 323 g/mol. The first-order valence-corrected chi connectivity index (χ1v) is 8.51. The number of aliphatic imine (C=N–C) groups is 1. The highest BCUT2D eigenvalue weighted by Crippen LogP contribution is 2.19. The maximum absolute atomic E-state index is 4.34. The van der Waals surface area contributed by atoms with Gasteiger partial charge in [0.2, 0.25) is 0 Å². The minimum Gasteiger partial charge on any atom is -0.369 e. The molecule has 1 atom stereocenters. The van der Waals surface area contributed by atoms with Crippen molar-refractivity contribution in [3.8, 4) is 0 Å². The van der Waals surface area contributed by atoms with Crippen LogP contribution in [0.3, 0.4) is 0 Å². The largest absolute Gasteiger partial charge is 0.369 e. The first-order valence-electron chi connectivity index (χ1n) is 8.51. The fraction of sp³-hybridized carbons (Fsp3) is 0.368. The Kier molecular flexibility index (Phi) is 5.66. The first-order chi connectivity index (χ1) is 11.8. The van der Waals surface area contributed by atoms with Crippen LogP contribution in [0, 0.1) is 0 Å². The number of para-hydroxylation sites is 1. The Bertz CT molecular complexity index is 641. The van der Waals surface area contributed by atoms with Gasteiger partial charge in [0.15, 0.2) is 5.96 Å². The predicted molar refractivity (Wildman–Crippen MR) is 99.5 cm³/mol. The number of pyridine rings is 1.